The van der Waals surface area contributed by atoms with E-state index in [1.807, 2.05) is 42.3 Å². The van der Waals surface area contributed by atoms with Gasteiger partial charge in [-0.3, -0.25) is 9.79 Å². The third-order valence-electron chi connectivity index (χ3n) is 3.35. The van der Waals surface area contributed by atoms with Crippen LogP contribution < -0.4 is 10.6 Å². The summed E-state index contributed by atoms with van der Waals surface area (Å²) in [5, 5.41) is 5.84. The number of amides is 1. The summed E-state index contributed by atoms with van der Waals surface area (Å²) in [4.78, 5) is 18.1. The van der Waals surface area contributed by atoms with Gasteiger partial charge in [-0.1, -0.05) is 28.1 Å². The molecule has 8 heteroatoms. The minimum atomic E-state index is -0.121. The van der Waals surface area contributed by atoms with E-state index < -0.39 is 0 Å². The number of nitrogens with one attached hydrogen (secondary N) is 2. The molecule has 0 unspecified atom stereocenters. The van der Waals surface area contributed by atoms with Crippen LogP contribution in [-0.2, 0) is 17.9 Å². The number of hydrogen-bond acceptors (Lipinski definition) is 3. The Morgan fingerprint density at radius 3 is 2.56 bits per heavy atom. The summed E-state index contributed by atoms with van der Waals surface area (Å²) in [7, 11) is 3.62. The molecule has 2 aromatic rings. The first-order valence-corrected chi connectivity index (χ1v) is 8.33. The topological polar surface area (TPSA) is 69.9 Å². The second-order valence-electron chi connectivity index (χ2n) is 5.24. The van der Waals surface area contributed by atoms with E-state index in [-0.39, 0.29) is 36.4 Å². The minimum absolute atomic E-state index is 0. The Balaban J connectivity index is 0.00000312. The van der Waals surface area contributed by atoms with Crippen LogP contribution in [0, 0.1) is 0 Å². The maximum atomic E-state index is 11.9. The zero-order valence-corrected chi connectivity index (χ0v) is 18.1. The van der Waals surface area contributed by atoms with Crippen LogP contribution in [0.4, 0.5) is 0 Å². The maximum absolute atomic E-state index is 11.9. The number of rotatable bonds is 6. The smallest absolute Gasteiger partial charge is 0.239 e. The standard InChI is InChI=1S/C17H21BrN4O2.HI/c1-19-17(22(2)12-13-5-7-14(18)8-6-13)21-11-16(23)20-10-15-4-3-9-24-15;/h3-9H,10-12H2,1-2H3,(H,19,21)(H,20,23);1H. The minimum Gasteiger partial charge on any atom is -0.467 e. The molecule has 1 aromatic carbocycles. The molecule has 2 rings (SSSR count). The van der Waals surface area contributed by atoms with E-state index in [0.29, 0.717) is 19.0 Å². The Morgan fingerprint density at radius 1 is 1.24 bits per heavy atom. The zero-order chi connectivity index (χ0) is 17.4. The van der Waals surface area contributed by atoms with Crippen LogP contribution in [0.2, 0.25) is 0 Å². The van der Waals surface area contributed by atoms with Crippen LogP contribution in [0.15, 0.2) is 56.5 Å². The fourth-order valence-corrected chi connectivity index (χ4v) is 2.41. The van der Waals surface area contributed by atoms with Crippen LogP contribution in [0.25, 0.3) is 0 Å². The first-order valence-electron chi connectivity index (χ1n) is 7.54. The molecule has 0 aliphatic heterocycles. The van der Waals surface area contributed by atoms with E-state index in [0.717, 1.165) is 15.8 Å². The molecular formula is C17H22BrIN4O2. The molecule has 0 aliphatic rings. The van der Waals surface area contributed by atoms with Crippen molar-refractivity contribution >= 4 is 51.8 Å². The average molecular weight is 521 g/mol. The third-order valence-corrected chi connectivity index (χ3v) is 3.88. The van der Waals surface area contributed by atoms with E-state index in [1.54, 1.807) is 19.4 Å². The van der Waals surface area contributed by atoms with Crippen LogP contribution in [0.5, 0.6) is 0 Å². The Labute approximate surface area is 173 Å². The number of aliphatic imine (C=N–C) groups is 1. The number of furan rings is 1. The van der Waals surface area contributed by atoms with Crippen molar-refractivity contribution in [2.45, 2.75) is 13.1 Å². The molecule has 1 aromatic heterocycles. The maximum Gasteiger partial charge on any atom is 0.239 e. The van der Waals surface area contributed by atoms with Gasteiger partial charge in [-0.15, -0.1) is 24.0 Å². The van der Waals surface area contributed by atoms with Crippen molar-refractivity contribution in [2.24, 2.45) is 4.99 Å². The Kier molecular flexibility index (Phi) is 9.58. The van der Waals surface area contributed by atoms with Gasteiger partial charge in [0, 0.05) is 25.1 Å². The van der Waals surface area contributed by atoms with Gasteiger partial charge >= 0.3 is 0 Å². The lowest BCUT2D eigenvalue weighted by molar-refractivity contribution is -0.120. The molecule has 6 nitrogen and oxygen atoms in total. The summed E-state index contributed by atoms with van der Waals surface area (Å²) < 4.78 is 6.22. The molecule has 0 atom stereocenters. The highest BCUT2D eigenvalue weighted by molar-refractivity contribution is 14.0. The Morgan fingerprint density at radius 2 is 1.96 bits per heavy atom. The first kappa shape index (κ1) is 21.5. The predicted molar refractivity (Wildman–Crippen MR) is 113 cm³/mol. The molecule has 25 heavy (non-hydrogen) atoms. The second-order valence-corrected chi connectivity index (χ2v) is 6.16. The predicted octanol–water partition coefficient (Wildman–Crippen LogP) is 2.98. The van der Waals surface area contributed by atoms with Gasteiger partial charge in [0.15, 0.2) is 5.96 Å². The highest BCUT2D eigenvalue weighted by Gasteiger charge is 2.09. The van der Waals surface area contributed by atoms with Crippen molar-refractivity contribution in [1.29, 1.82) is 0 Å². The van der Waals surface area contributed by atoms with Crippen molar-refractivity contribution in [3.8, 4) is 0 Å². The van der Waals surface area contributed by atoms with Gasteiger partial charge < -0.3 is 20.0 Å². The summed E-state index contributed by atoms with van der Waals surface area (Å²) in [5.41, 5.74) is 1.16. The van der Waals surface area contributed by atoms with Crippen molar-refractivity contribution in [2.75, 3.05) is 20.6 Å². The molecule has 0 spiro atoms. The molecular weight excluding hydrogens is 499 g/mol. The number of nitrogens with zero attached hydrogens (tertiary/aromatic N) is 2. The molecule has 1 heterocycles. The molecule has 136 valence electrons. The van der Waals surface area contributed by atoms with E-state index in [4.69, 9.17) is 4.42 Å². The fraction of sp³-hybridized carbons (Fsp3) is 0.294. The number of hydrogen-bond donors (Lipinski definition) is 2. The van der Waals surface area contributed by atoms with Crippen molar-refractivity contribution in [3.63, 3.8) is 0 Å². The lowest BCUT2D eigenvalue weighted by Gasteiger charge is -2.22. The van der Waals surface area contributed by atoms with Crippen LogP contribution >= 0.6 is 39.9 Å². The molecule has 0 saturated heterocycles. The van der Waals surface area contributed by atoms with Crippen molar-refractivity contribution in [1.82, 2.24) is 15.5 Å². The first-order chi connectivity index (χ1) is 11.6. The summed E-state index contributed by atoms with van der Waals surface area (Å²) in [6.45, 7) is 1.22. The number of benzene rings is 1. The lowest BCUT2D eigenvalue weighted by Crippen LogP contribution is -2.43. The molecule has 0 radical (unpaired) electrons. The number of halogens is 2. The molecule has 0 saturated carbocycles. The Hall–Kier alpha value is -1.55. The van der Waals surface area contributed by atoms with E-state index in [2.05, 4.69) is 31.6 Å². The number of carbonyl (C=O) groups is 1. The fourth-order valence-electron chi connectivity index (χ4n) is 2.14. The van der Waals surface area contributed by atoms with E-state index in [9.17, 15) is 4.79 Å². The van der Waals surface area contributed by atoms with Gasteiger partial charge in [-0.05, 0) is 29.8 Å². The van der Waals surface area contributed by atoms with Crippen LogP contribution in [0.1, 0.15) is 11.3 Å². The second kappa shape index (κ2) is 11.1. The van der Waals surface area contributed by atoms with E-state index >= 15 is 0 Å². The van der Waals surface area contributed by atoms with Crippen LogP contribution in [0.3, 0.4) is 0 Å². The van der Waals surface area contributed by atoms with E-state index in [1.165, 1.54) is 0 Å². The SMILES string of the molecule is CN=C(NCC(=O)NCc1ccco1)N(C)Cc1ccc(Br)cc1.I. The summed E-state index contributed by atoms with van der Waals surface area (Å²) in [5.74, 6) is 1.26. The van der Waals surface area contributed by atoms with Gasteiger partial charge in [0.05, 0.1) is 19.4 Å². The Bertz CT molecular complexity index is 674. The van der Waals surface area contributed by atoms with Gasteiger partial charge in [0.1, 0.15) is 5.76 Å². The summed E-state index contributed by atoms with van der Waals surface area (Å²) >= 11 is 3.42. The lowest BCUT2D eigenvalue weighted by atomic mass is 10.2. The van der Waals surface area contributed by atoms with Gasteiger partial charge in [0.2, 0.25) is 5.91 Å². The summed E-state index contributed by atoms with van der Waals surface area (Å²) in [6, 6.07) is 11.7. The van der Waals surface area contributed by atoms with Gasteiger partial charge in [-0.25, -0.2) is 0 Å². The molecule has 0 aliphatic carbocycles. The highest BCUT2D eigenvalue weighted by Crippen LogP contribution is 2.11. The number of guanidine groups is 1. The van der Waals surface area contributed by atoms with Gasteiger partial charge in [-0.2, -0.15) is 0 Å². The van der Waals surface area contributed by atoms with Gasteiger partial charge in [0.25, 0.3) is 0 Å². The molecule has 0 bridgehead atoms. The highest BCUT2D eigenvalue weighted by atomic mass is 127. The third kappa shape index (κ3) is 7.47. The quantitative estimate of drug-likeness (QED) is 0.349. The van der Waals surface area contributed by atoms with Crippen molar-refractivity contribution < 1.29 is 9.21 Å². The number of carbonyl (C=O) groups excluding carboxylic acids is 1. The average Bonchev–Trinajstić information content (AvgIpc) is 3.09. The van der Waals surface area contributed by atoms with Crippen LogP contribution in [-0.4, -0.2) is 37.4 Å². The van der Waals surface area contributed by atoms with Crippen molar-refractivity contribution in [3.05, 3.63) is 58.5 Å². The molecule has 1 amide bonds. The largest absolute Gasteiger partial charge is 0.467 e. The monoisotopic (exact) mass is 520 g/mol. The summed E-state index contributed by atoms with van der Waals surface area (Å²) in [6.07, 6.45) is 1.58. The zero-order valence-electron chi connectivity index (χ0n) is 14.2. The normalized spacial score (nSPS) is 10.8. The molecule has 2 N–H and O–H groups in total. The molecule has 0 fully saturated rings.